The fourth-order valence-electron chi connectivity index (χ4n) is 2.94. The van der Waals surface area contributed by atoms with Crippen LogP contribution in [0.2, 0.25) is 0 Å². The first kappa shape index (κ1) is 19.6. The molecule has 1 heterocycles. The third kappa shape index (κ3) is 4.05. The quantitative estimate of drug-likeness (QED) is 0.648. The van der Waals surface area contributed by atoms with Crippen LogP contribution < -0.4 is 5.32 Å². The Balaban J connectivity index is 1.80. The summed E-state index contributed by atoms with van der Waals surface area (Å²) in [6, 6.07) is 11.7. The molecule has 146 valence electrons. The number of alkyl halides is 3. The Morgan fingerprint density at radius 3 is 2.43 bits per heavy atom. The number of carbonyl (C=O) groups excluding carboxylic acids is 1. The molecule has 3 aromatic rings. The minimum absolute atomic E-state index is 0.0662. The highest BCUT2D eigenvalue weighted by atomic mass is 19.4. The van der Waals surface area contributed by atoms with Gasteiger partial charge in [-0.2, -0.15) is 18.3 Å². The fraction of sp³-hybridized carbons (Fsp3) is 0.200. The van der Waals surface area contributed by atoms with Crippen molar-refractivity contribution in [3.05, 3.63) is 76.9 Å². The number of aryl methyl sites for hydroxylation is 1. The van der Waals surface area contributed by atoms with Crippen molar-refractivity contribution < 1.29 is 22.4 Å². The first-order valence-corrected chi connectivity index (χ1v) is 8.44. The monoisotopic (exact) mass is 391 g/mol. The summed E-state index contributed by atoms with van der Waals surface area (Å²) in [6.07, 6.45) is -4.90. The maximum absolute atomic E-state index is 13.4. The lowest BCUT2D eigenvalue weighted by molar-refractivity contribution is -0.140. The molecule has 1 N–H and O–H groups in total. The molecule has 2 aromatic carbocycles. The van der Waals surface area contributed by atoms with E-state index in [1.807, 2.05) is 37.3 Å². The van der Waals surface area contributed by atoms with Gasteiger partial charge < -0.3 is 5.32 Å². The number of anilines is 1. The molecule has 1 amide bonds. The normalized spacial score (nSPS) is 11.5. The van der Waals surface area contributed by atoms with Gasteiger partial charge in [-0.1, -0.05) is 18.2 Å². The van der Waals surface area contributed by atoms with Crippen molar-refractivity contribution in [2.45, 2.75) is 26.4 Å². The standard InChI is InChI=1S/C20H17F4N3O/c1-12-16(13(2)27(26-12)15-6-4-3-5-7-15)11-19(28)25-14-8-9-18(21)17(10-14)20(22,23)24/h3-10H,11H2,1-2H3,(H,25,28). The number of nitrogens with one attached hydrogen (secondary N) is 1. The molecule has 0 unspecified atom stereocenters. The number of amides is 1. The van der Waals surface area contributed by atoms with Crippen molar-refractivity contribution in [3.8, 4) is 5.69 Å². The summed E-state index contributed by atoms with van der Waals surface area (Å²) >= 11 is 0. The van der Waals surface area contributed by atoms with Crippen LogP contribution in [0.3, 0.4) is 0 Å². The molecule has 0 bridgehead atoms. The topological polar surface area (TPSA) is 46.9 Å². The van der Waals surface area contributed by atoms with E-state index in [1.165, 1.54) is 0 Å². The Hall–Kier alpha value is -3.16. The lowest BCUT2D eigenvalue weighted by atomic mass is 10.1. The van der Waals surface area contributed by atoms with Crippen molar-refractivity contribution >= 4 is 11.6 Å². The molecule has 0 fully saturated rings. The molecule has 0 aliphatic carbocycles. The van der Waals surface area contributed by atoms with Crippen molar-refractivity contribution in [2.24, 2.45) is 0 Å². The van der Waals surface area contributed by atoms with Crippen molar-refractivity contribution in [3.63, 3.8) is 0 Å². The zero-order chi connectivity index (χ0) is 20.5. The van der Waals surface area contributed by atoms with Gasteiger partial charge >= 0.3 is 6.18 Å². The van der Waals surface area contributed by atoms with Crippen LogP contribution in [0.1, 0.15) is 22.5 Å². The Morgan fingerprint density at radius 2 is 1.79 bits per heavy atom. The van der Waals surface area contributed by atoms with Gasteiger partial charge in [0.25, 0.3) is 0 Å². The van der Waals surface area contributed by atoms with Gasteiger partial charge in [-0.05, 0) is 44.2 Å². The zero-order valence-electron chi connectivity index (χ0n) is 15.1. The van der Waals surface area contributed by atoms with Crippen LogP contribution in [0.4, 0.5) is 23.2 Å². The molecule has 1 aromatic heterocycles. The predicted molar refractivity (Wildman–Crippen MR) is 96.8 cm³/mol. The summed E-state index contributed by atoms with van der Waals surface area (Å²) in [5.74, 6) is -1.90. The van der Waals surface area contributed by atoms with Crippen LogP contribution in [0.5, 0.6) is 0 Å². The fourth-order valence-corrected chi connectivity index (χ4v) is 2.94. The van der Waals surface area contributed by atoms with Crippen molar-refractivity contribution in [2.75, 3.05) is 5.32 Å². The van der Waals surface area contributed by atoms with Gasteiger partial charge in [0.1, 0.15) is 5.82 Å². The Bertz CT molecular complexity index is 1010. The van der Waals surface area contributed by atoms with E-state index in [-0.39, 0.29) is 12.1 Å². The average molecular weight is 391 g/mol. The third-order valence-electron chi connectivity index (χ3n) is 4.33. The first-order chi connectivity index (χ1) is 13.2. The van der Waals surface area contributed by atoms with E-state index in [2.05, 4.69) is 10.4 Å². The summed E-state index contributed by atoms with van der Waals surface area (Å²) in [5, 5.41) is 6.83. The Morgan fingerprint density at radius 1 is 1.11 bits per heavy atom. The molecule has 0 saturated heterocycles. The van der Waals surface area contributed by atoms with E-state index in [0.29, 0.717) is 23.4 Å². The van der Waals surface area contributed by atoms with Crippen LogP contribution in [0.25, 0.3) is 5.69 Å². The van der Waals surface area contributed by atoms with Gasteiger partial charge in [0.15, 0.2) is 0 Å². The number of halogens is 4. The van der Waals surface area contributed by atoms with Crippen LogP contribution in [0.15, 0.2) is 48.5 Å². The molecule has 0 aliphatic heterocycles. The Kier molecular flexibility index (Phi) is 5.22. The summed E-state index contributed by atoms with van der Waals surface area (Å²) in [7, 11) is 0. The van der Waals surface area contributed by atoms with Crippen molar-refractivity contribution in [1.82, 2.24) is 9.78 Å². The maximum Gasteiger partial charge on any atom is 0.419 e. The number of para-hydroxylation sites is 1. The van der Waals surface area contributed by atoms with Crippen molar-refractivity contribution in [1.29, 1.82) is 0 Å². The lowest BCUT2D eigenvalue weighted by Crippen LogP contribution is -2.16. The third-order valence-corrected chi connectivity index (χ3v) is 4.33. The average Bonchev–Trinajstić information content (AvgIpc) is 2.91. The van der Waals surface area contributed by atoms with E-state index in [1.54, 1.807) is 11.6 Å². The number of hydrogen-bond acceptors (Lipinski definition) is 2. The molecule has 8 heteroatoms. The SMILES string of the molecule is Cc1nn(-c2ccccc2)c(C)c1CC(=O)Nc1ccc(F)c(C(F)(F)F)c1. The summed E-state index contributed by atoms with van der Waals surface area (Å²) in [6.45, 7) is 3.57. The number of aromatic nitrogens is 2. The minimum atomic E-state index is -4.84. The highest BCUT2D eigenvalue weighted by Gasteiger charge is 2.34. The van der Waals surface area contributed by atoms with Gasteiger partial charge in [0, 0.05) is 16.9 Å². The smallest absolute Gasteiger partial charge is 0.326 e. The molecule has 0 atom stereocenters. The molecule has 0 spiro atoms. The van der Waals surface area contributed by atoms with Crippen LogP contribution >= 0.6 is 0 Å². The molecule has 0 aliphatic rings. The molecular weight excluding hydrogens is 374 g/mol. The van der Waals surface area contributed by atoms with Crippen LogP contribution in [0, 0.1) is 19.7 Å². The van der Waals surface area contributed by atoms with Gasteiger partial charge in [-0.25, -0.2) is 9.07 Å². The summed E-state index contributed by atoms with van der Waals surface area (Å²) < 4.78 is 53.5. The second kappa shape index (κ2) is 7.46. The minimum Gasteiger partial charge on any atom is -0.326 e. The second-order valence-corrected chi connectivity index (χ2v) is 6.31. The number of benzene rings is 2. The summed E-state index contributed by atoms with van der Waals surface area (Å²) in [5.41, 5.74) is 1.38. The molecule has 0 radical (unpaired) electrons. The molecule has 4 nitrogen and oxygen atoms in total. The van der Waals surface area contributed by atoms with Gasteiger partial charge in [0.2, 0.25) is 5.91 Å². The number of hydrogen-bond donors (Lipinski definition) is 1. The van der Waals surface area contributed by atoms with Crippen LogP contribution in [-0.4, -0.2) is 15.7 Å². The zero-order valence-corrected chi connectivity index (χ0v) is 15.1. The van der Waals surface area contributed by atoms with E-state index in [9.17, 15) is 22.4 Å². The Labute approximate surface area is 158 Å². The molecule has 3 rings (SSSR count). The summed E-state index contributed by atoms with van der Waals surface area (Å²) in [4.78, 5) is 12.4. The molecule has 28 heavy (non-hydrogen) atoms. The maximum atomic E-state index is 13.4. The van der Waals surface area contributed by atoms with Crippen LogP contribution in [-0.2, 0) is 17.4 Å². The van der Waals surface area contributed by atoms with E-state index in [0.717, 1.165) is 17.4 Å². The largest absolute Gasteiger partial charge is 0.419 e. The van der Waals surface area contributed by atoms with E-state index in [4.69, 9.17) is 0 Å². The highest BCUT2D eigenvalue weighted by molar-refractivity contribution is 5.92. The van der Waals surface area contributed by atoms with Gasteiger partial charge in [-0.15, -0.1) is 0 Å². The number of rotatable bonds is 4. The second-order valence-electron chi connectivity index (χ2n) is 6.31. The highest BCUT2D eigenvalue weighted by Crippen LogP contribution is 2.33. The molecule has 0 saturated carbocycles. The first-order valence-electron chi connectivity index (χ1n) is 8.44. The van der Waals surface area contributed by atoms with Gasteiger partial charge in [0.05, 0.1) is 23.4 Å². The predicted octanol–water partition coefficient (Wildman–Crippen LogP) is 4.83. The van der Waals surface area contributed by atoms with E-state index >= 15 is 0 Å². The molecular formula is C20H17F4N3O. The van der Waals surface area contributed by atoms with Gasteiger partial charge in [-0.3, -0.25) is 4.79 Å². The number of carbonyl (C=O) groups is 1. The lowest BCUT2D eigenvalue weighted by Gasteiger charge is -2.11. The number of nitrogens with zero attached hydrogens (tertiary/aromatic N) is 2. The van der Waals surface area contributed by atoms with E-state index < -0.39 is 23.5 Å².